The van der Waals surface area contributed by atoms with E-state index in [0.717, 1.165) is 12.0 Å². The van der Waals surface area contributed by atoms with Gasteiger partial charge in [0.15, 0.2) is 0 Å². The molecule has 106 valence electrons. The maximum absolute atomic E-state index is 10.7. The van der Waals surface area contributed by atoms with Crippen molar-refractivity contribution in [1.82, 2.24) is 4.98 Å². The SMILES string of the molecule is CCC(C)c1ccc(-c2nc(C)c(CC(=O)O)o2)cc1. The highest BCUT2D eigenvalue weighted by atomic mass is 16.4. The largest absolute Gasteiger partial charge is 0.481 e. The minimum absolute atomic E-state index is 0.135. The molecule has 0 aliphatic carbocycles. The number of rotatable bonds is 5. The van der Waals surface area contributed by atoms with Crippen LogP contribution in [0.3, 0.4) is 0 Å². The molecule has 4 heteroatoms. The van der Waals surface area contributed by atoms with Gasteiger partial charge < -0.3 is 9.52 Å². The maximum atomic E-state index is 10.7. The minimum atomic E-state index is -0.914. The third-order valence-electron chi connectivity index (χ3n) is 3.54. The van der Waals surface area contributed by atoms with Gasteiger partial charge >= 0.3 is 5.97 Å². The number of nitrogens with zero attached hydrogens (tertiary/aromatic N) is 1. The number of benzene rings is 1. The Labute approximate surface area is 118 Å². The van der Waals surface area contributed by atoms with Crippen LogP contribution in [0, 0.1) is 6.92 Å². The van der Waals surface area contributed by atoms with Crippen molar-refractivity contribution in [3.05, 3.63) is 41.3 Å². The molecule has 1 N–H and O–H groups in total. The van der Waals surface area contributed by atoms with Crippen molar-refractivity contribution in [2.75, 3.05) is 0 Å². The second-order valence-corrected chi connectivity index (χ2v) is 5.03. The van der Waals surface area contributed by atoms with Crippen LogP contribution < -0.4 is 0 Å². The fourth-order valence-corrected chi connectivity index (χ4v) is 2.04. The summed E-state index contributed by atoms with van der Waals surface area (Å²) in [7, 11) is 0. The molecule has 2 aromatic rings. The number of oxazole rings is 1. The summed E-state index contributed by atoms with van der Waals surface area (Å²) in [6.07, 6.45) is 0.962. The molecule has 0 aliphatic rings. The van der Waals surface area contributed by atoms with E-state index in [1.807, 2.05) is 12.1 Å². The first kappa shape index (κ1) is 14.3. The Morgan fingerprint density at radius 3 is 2.55 bits per heavy atom. The Morgan fingerprint density at radius 1 is 1.35 bits per heavy atom. The highest BCUT2D eigenvalue weighted by Gasteiger charge is 2.14. The molecule has 0 spiro atoms. The number of hydrogen-bond donors (Lipinski definition) is 1. The molecule has 0 radical (unpaired) electrons. The lowest BCUT2D eigenvalue weighted by molar-refractivity contribution is -0.136. The average molecular weight is 273 g/mol. The van der Waals surface area contributed by atoms with Gasteiger partial charge in [0.05, 0.1) is 5.69 Å². The van der Waals surface area contributed by atoms with E-state index in [9.17, 15) is 4.79 Å². The molecule has 0 saturated heterocycles. The van der Waals surface area contributed by atoms with Gasteiger partial charge in [-0.1, -0.05) is 26.0 Å². The topological polar surface area (TPSA) is 63.3 Å². The zero-order valence-electron chi connectivity index (χ0n) is 12.0. The van der Waals surface area contributed by atoms with Crippen molar-refractivity contribution in [1.29, 1.82) is 0 Å². The summed E-state index contributed by atoms with van der Waals surface area (Å²) >= 11 is 0. The van der Waals surface area contributed by atoms with E-state index in [4.69, 9.17) is 9.52 Å². The first-order valence-corrected chi connectivity index (χ1v) is 6.79. The van der Waals surface area contributed by atoms with Crippen LogP contribution in [0.4, 0.5) is 0 Å². The highest BCUT2D eigenvalue weighted by molar-refractivity contribution is 5.70. The van der Waals surface area contributed by atoms with Gasteiger partial charge in [-0.2, -0.15) is 0 Å². The van der Waals surface area contributed by atoms with Crippen molar-refractivity contribution in [3.8, 4) is 11.5 Å². The van der Waals surface area contributed by atoms with Crippen molar-refractivity contribution in [2.45, 2.75) is 39.5 Å². The standard InChI is InChI=1S/C16H19NO3/c1-4-10(2)12-5-7-13(8-6-12)16-17-11(3)14(20-16)9-15(18)19/h5-8,10H,4,9H2,1-3H3,(H,18,19). The van der Waals surface area contributed by atoms with Crippen LogP contribution in [0.1, 0.15) is 43.2 Å². The number of aromatic nitrogens is 1. The Morgan fingerprint density at radius 2 is 2.00 bits per heavy atom. The zero-order valence-corrected chi connectivity index (χ0v) is 12.0. The normalized spacial score (nSPS) is 12.3. The third-order valence-corrected chi connectivity index (χ3v) is 3.54. The lowest BCUT2D eigenvalue weighted by Gasteiger charge is -2.08. The van der Waals surface area contributed by atoms with Gasteiger partial charge in [-0.05, 0) is 37.0 Å². The number of carbonyl (C=O) groups is 1. The molecule has 1 unspecified atom stereocenters. The fourth-order valence-electron chi connectivity index (χ4n) is 2.04. The summed E-state index contributed by atoms with van der Waals surface area (Å²) < 4.78 is 5.55. The number of aliphatic carboxylic acids is 1. The van der Waals surface area contributed by atoms with Crippen LogP contribution in [-0.2, 0) is 11.2 Å². The molecule has 0 aliphatic heterocycles. The molecule has 20 heavy (non-hydrogen) atoms. The second kappa shape index (κ2) is 5.90. The average Bonchev–Trinajstić information content (AvgIpc) is 2.79. The molecular formula is C16H19NO3. The van der Waals surface area contributed by atoms with E-state index in [1.165, 1.54) is 5.56 Å². The number of carboxylic acids is 1. The van der Waals surface area contributed by atoms with Gasteiger partial charge in [-0.3, -0.25) is 4.79 Å². The first-order chi connectivity index (χ1) is 9.51. The van der Waals surface area contributed by atoms with Gasteiger partial charge in [-0.25, -0.2) is 4.98 Å². The van der Waals surface area contributed by atoms with E-state index in [0.29, 0.717) is 23.3 Å². The van der Waals surface area contributed by atoms with Gasteiger partial charge in [0, 0.05) is 5.56 Å². The van der Waals surface area contributed by atoms with E-state index in [2.05, 4.69) is 31.0 Å². The number of carboxylic acid groups (broad SMARTS) is 1. The van der Waals surface area contributed by atoms with Gasteiger partial charge in [0.1, 0.15) is 12.2 Å². The predicted molar refractivity (Wildman–Crippen MR) is 76.7 cm³/mol. The lowest BCUT2D eigenvalue weighted by Crippen LogP contribution is -1.99. The second-order valence-electron chi connectivity index (χ2n) is 5.03. The summed E-state index contributed by atoms with van der Waals surface area (Å²) in [6.45, 7) is 6.11. The van der Waals surface area contributed by atoms with Crippen molar-refractivity contribution >= 4 is 5.97 Å². The molecule has 1 atom stereocenters. The summed E-state index contributed by atoms with van der Waals surface area (Å²) in [6, 6.07) is 8.08. The number of aryl methyl sites for hydroxylation is 1. The molecule has 1 aromatic heterocycles. The summed E-state index contributed by atoms with van der Waals surface area (Å²) in [4.78, 5) is 15.0. The van der Waals surface area contributed by atoms with Gasteiger partial charge in [0.2, 0.25) is 5.89 Å². The number of hydrogen-bond acceptors (Lipinski definition) is 3. The summed E-state index contributed by atoms with van der Waals surface area (Å²) in [5, 5.41) is 8.81. The molecule has 0 fully saturated rings. The molecule has 2 rings (SSSR count). The summed E-state index contributed by atoms with van der Waals surface area (Å²) in [5.74, 6) is 0.508. The molecule has 1 aromatic carbocycles. The van der Waals surface area contributed by atoms with Crippen LogP contribution in [-0.4, -0.2) is 16.1 Å². The van der Waals surface area contributed by atoms with Gasteiger partial charge in [0.25, 0.3) is 0 Å². The van der Waals surface area contributed by atoms with E-state index < -0.39 is 5.97 Å². The van der Waals surface area contributed by atoms with Crippen LogP contribution in [0.15, 0.2) is 28.7 Å². The van der Waals surface area contributed by atoms with Crippen molar-refractivity contribution < 1.29 is 14.3 Å². The molecule has 1 heterocycles. The Kier molecular flexibility index (Phi) is 4.23. The predicted octanol–water partition coefficient (Wildman–Crippen LogP) is 3.79. The molecule has 0 bridgehead atoms. The Balaban J connectivity index is 2.25. The Bertz CT molecular complexity index is 599. The summed E-state index contributed by atoms with van der Waals surface area (Å²) in [5.41, 5.74) is 2.79. The molecule has 0 saturated carbocycles. The van der Waals surface area contributed by atoms with E-state index in [1.54, 1.807) is 6.92 Å². The lowest BCUT2D eigenvalue weighted by atomic mass is 9.98. The minimum Gasteiger partial charge on any atom is -0.481 e. The Hall–Kier alpha value is -2.10. The fraction of sp³-hybridized carbons (Fsp3) is 0.375. The highest BCUT2D eigenvalue weighted by Crippen LogP contribution is 2.25. The van der Waals surface area contributed by atoms with Crippen LogP contribution in [0.5, 0.6) is 0 Å². The first-order valence-electron chi connectivity index (χ1n) is 6.79. The van der Waals surface area contributed by atoms with Crippen LogP contribution >= 0.6 is 0 Å². The maximum Gasteiger partial charge on any atom is 0.311 e. The van der Waals surface area contributed by atoms with Gasteiger partial charge in [-0.15, -0.1) is 0 Å². The van der Waals surface area contributed by atoms with Crippen LogP contribution in [0.25, 0.3) is 11.5 Å². The van der Waals surface area contributed by atoms with Crippen molar-refractivity contribution in [2.24, 2.45) is 0 Å². The third kappa shape index (κ3) is 3.07. The molecule has 0 amide bonds. The van der Waals surface area contributed by atoms with E-state index >= 15 is 0 Å². The van der Waals surface area contributed by atoms with Crippen LogP contribution in [0.2, 0.25) is 0 Å². The molecule has 4 nitrogen and oxygen atoms in total. The molecular weight excluding hydrogens is 254 g/mol. The van der Waals surface area contributed by atoms with E-state index in [-0.39, 0.29) is 6.42 Å². The monoisotopic (exact) mass is 273 g/mol. The van der Waals surface area contributed by atoms with Crippen molar-refractivity contribution in [3.63, 3.8) is 0 Å². The quantitative estimate of drug-likeness (QED) is 0.900. The zero-order chi connectivity index (χ0) is 14.7. The smallest absolute Gasteiger partial charge is 0.311 e.